The zero-order chi connectivity index (χ0) is 8.97. The van der Waals surface area contributed by atoms with E-state index in [1.54, 1.807) is 18.2 Å². The van der Waals surface area contributed by atoms with Crippen LogP contribution in [-0.2, 0) is 0 Å². The van der Waals surface area contributed by atoms with E-state index in [1.165, 1.54) is 12.1 Å². The fourth-order valence-corrected chi connectivity index (χ4v) is 0.937. The minimum atomic E-state index is -1.63. The second-order valence-corrected chi connectivity index (χ2v) is 2.53. The molecule has 0 radical (unpaired) electrons. The van der Waals surface area contributed by atoms with Crippen LogP contribution in [0, 0.1) is 0 Å². The van der Waals surface area contributed by atoms with Gasteiger partial charge in [0.25, 0.3) is 0 Å². The Bertz CT molecular complexity index is 225. The molecule has 0 aromatic heterocycles. The largest absolute Gasteiger partial charge is 0.387 e. The van der Waals surface area contributed by atoms with Crippen LogP contribution in [0.2, 0.25) is 0 Å². The monoisotopic (exact) mass is 172 g/mol. The molecule has 1 aromatic rings. The highest BCUT2D eigenvalue weighted by atomic mass is 19.1. The van der Waals surface area contributed by atoms with Crippen molar-refractivity contribution in [3.8, 4) is 0 Å². The number of alkyl halides is 2. The van der Waals surface area contributed by atoms with Gasteiger partial charge in [-0.1, -0.05) is 30.3 Å². The summed E-state index contributed by atoms with van der Waals surface area (Å²) in [4.78, 5) is 0. The molecule has 2 atom stereocenters. The lowest BCUT2D eigenvalue weighted by Crippen LogP contribution is -2.16. The number of hydrogen-bond acceptors (Lipinski definition) is 1. The SMILES string of the molecule is O[C@@H](CF)[C@H](F)c1ccccc1. The Labute approximate surface area is 69.7 Å². The van der Waals surface area contributed by atoms with E-state index >= 15 is 0 Å². The van der Waals surface area contributed by atoms with Gasteiger partial charge in [-0.2, -0.15) is 0 Å². The van der Waals surface area contributed by atoms with Gasteiger partial charge in [-0.15, -0.1) is 0 Å². The predicted octanol–water partition coefficient (Wildman–Crippen LogP) is 2.03. The molecule has 1 aromatic carbocycles. The van der Waals surface area contributed by atoms with Gasteiger partial charge in [-0.3, -0.25) is 0 Å². The molecule has 0 amide bonds. The predicted molar refractivity (Wildman–Crippen MR) is 42.3 cm³/mol. The highest BCUT2D eigenvalue weighted by Gasteiger charge is 2.19. The Kier molecular flexibility index (Phi) is 3.17. The molecule has 1 nitrogen and oxygen atoms in total. The van der Waals surface area contributed by atoms with Crippen molar-refractivity contribution in [1.82, 2.24) is 0 Å². The molecule has 0 spiro atoms. The smallest absolute Gasteiger partial charge is 0.153 e. The van der Waals surface area contributed by atoms with Gasteiger partial charge in [0.1, 0.15) is 12.8 Å². The fourth-order valence-electron chi connectivity index (χ4n) is 0.937. The molecule has 0 unspecified atom stereocenters. The van der Waals surface area contributed by atoms with Crippen molar-refractivity contribution >= 4 is 0 Å². The Hall–Kier alpha value is -0.960. The second-order valence-electron chi connectivity index (χ2n) is 2.53. The van der Waals surface area contributed by atoms with Gasteiger partial charge in [0.05, 0.1) is 0 Å². The first kappa shape index (κ1) is 9.13. The van der Waals surface area contributed by atoms with Crippen molar-refractivity contribution in [2.24, 2.45) is 0 Å². The quantitative estimate of drug-likeness (QED) is 0.739. The Morgan fingerprint density at radius 3 is 2.33 bits per heavy atom. The standard InChI is InChI=1S/C9H10F2O/c10-6-8(12)9(11)7-4-2-1-3-5-7/h1-5,8-9,12H,6H2/t8-,9+/m0/s1. The van der Waals surface area contributed by atoms with Gasteiger partial charge in [-0.05, 0) is 5.56 Å². The minimum absolute atomic E-state index is 0.308. The summed E-state index contributed by atoms with van der Waals surface area (Å²) in [6, 6.07) is 8.06. The maximum absolute atomic E-state index is 13.0. The lowest BCUT2D eigenvalue weighted by Gasteiger charge is -2.11. The fraction of sp³-hybridized carbons (Fsp3) is 0.333. The average Bonchev–Trinajstić information content (AvgIpc) is 2.17. The normalized spacial score (nSPS) is 15.6. The number of aliphatic hydroxyl groups excluding tert-OH is 1. The van der Waals surface area contributed by atoms with Crippen molar-refractivity contribution in [3.63, 3.8) is 0 Å². The number of halogens is 2. The first-order valence-corrected chi connectivity index (χ1v) is 3.68. The molecule has 0 aliphatic heterocycles. The molecular weight excluding hydrogens is 162 g/mol. The van der Waals surface area contributed by atoms with E-state index in [4.69, 9.17) is 5.11 Å². The molecule has 0 aliphatic rings. The van der Waals surface area contributed by atoms with Crippen LogP contribution in [0.25, 0.3) is 0 Å². The molecule has 0 saturated heterocycles. The Balaban J connectivity index is 2.71. The summed E-state index contributed by atoms with van der Waals surface area (Å²) in [5, 5.41) is 8.83. The van der Waals surface area contributed by atoms with E-state index in [2.05, 4.69) is 0 Å². The lowest BCUT2D eigenvalue weighted by atomic mass is 10.1. The van der Waals surface area contributed by atoms with Gasteiger partial charge >= 0.3 is 0 Å². The lowest BCUT2D eigenvalue weighted by molar-refractivity contribution is 0.0558. The highest BCUT2D eigenvalue weighted by Crippen LogP contribution is 2.20. The summed E-state index contributed by atoms with van der Waals surface area (Å²) in [6.07, 6.45) is -3.18. The summed E-state index contributed by atoms with van der Waals surface area (Å²) in [5.41, 5.74) is 0.308. The maximum Gasteiger partial charge on any atom is 0.153 e. The molecule has 0 fully saturated rings. The molecule has 66 valence electrons. The number of aliphatic hydroxyl groups is 1. The molecule has 0 bridgehead atoms. The van der Waals surface area contributed by atoms with E-state index in [9.17, 15) is 8.78 Å². The van der Waals surface area contributed by atoms with E-state index in [0.717, 1.165) is 0 Å². The summed E-state index contributed by atoms with van der Waals surface area (Å²) >= 11 is 0. The van der Waals surface area contributed by atoms with E-state index in [-0.39, 0.29) is 0 Å². The Morgan fingerprint density at radius 1 is 1.25 bits per heavy atom. The van der Waals surface area contributed by atoms with Crippen LogP contribution in [0.3, 0.4) is 0 Å². The molecule has 1 rings (SSSR count). The molecule has 3 heteroatoms. The van der Waals surface area contributed by atoms with E-state index in [0.29, 0.717) is 5.56 Å². The first-order valence-electron chi connectivity index (χ1n) is 3.68. The molecule has 0 aliphatic carbocycles. The second kappa shape index (κ2) is 4.16. The van der Waals surface area contributed by atoms with Crippen LogP contribution in [-0.4, -0.2) is 17.9 Å². The van der Waals surface area contributed by atoms with Crippen molar-refractivity contribution in [2.75, 3.05) is 6.67 Å². The van der Waals surface area contributed by atoms with Crippen LogP contribution in [0.15, 0.2) is 30.3 Å². The van der Waals surface area contributed by atoms with Gasteiger partial charge in [0.15, 0.2) is 6.17 Å². The third kappa shape index (κ3) is 2.01. The molecule has 12 heavy (non-hydrogen) atoms. The first-order chi connectivity index (χ1) is 5.75. The summed E-state index contributed by atoms with van der Waals surface area (Å²) in [6.45, 7) is -1.06. The van der Waals surface area contributed by atoms with Crippen molar-refractivity contribution in [3.05, 3.63) is 35.9 Å². The Morgan fingerprint density at radius 2 is 1.83 bits per heavy atom. The van der Waals surface area contributed by atoms with Crippen LogP contribution < -0.4 is 0 Å². The number of hydrogen-bond donors (Lipinski definition) is 1. The highest BCUT2D eigenvalue weighted by molar-refractivity contribution is 5.18. The van der Waals surface area contributed by atoms with Gasteiger partial charge in [0, 0.05) is 0 Å². The van der Waals surface area contributed by atoms with Gasteiger partial charge < -0.3 is 5.11 Å². The maximum atomic E-state index is 13.0. The molecule has 1 N–H and O–H groups in total. The number of benzene rings is 1. The van der Waals surface area contributed by atoms with Crippen molar-refractivity contribution in [1.29, 1.82) is 0 Å². The summed E-state index contributed by atoms with van der Waals surface area (Å²) in [7, 11) is 0. The molecule has 0 heterocycles. The van der Waals surface area contributed by atoms with Gasteiger partial charge in [0.2, 0.25) is 0 Å². The van der Waals surface area contributed by atoms with Crippen LogP contribution in [0.1, 0.15) is 11.7 Å². The zero-order valence-electron chi connectivity index (χ0n) is 6.45. The van der Waals surface area contributed by atoms with Crippen molar-refractivity contribution in [2.45, 2.75) is 12.3 Å². The van der Waals surface area contributed by atoms with E-state index < -0.39 is 19.0 Å². The topological polar surface area (TPSA) is 20.2 Å². The molecular formula is C9H10F2O. The van der Waals surface area contributed by atoms with Crippen LogP contribution in [0.5, 0.6) is 0 Å². The number of rotatable bonds is 3. The summed E-state index contributed by atoms with van der Waals surface area (Å²) in [5.74, 6) is 0. The summed E-state index contributed by atoms with van der Waals surface area (Å²) < 4.78 is 24.9. The minimum Gasteiger partial charge on any atom is -0.387 e. The van der Waals surface area contributed by atoms with E-state index in [1.807, 2.05) is 0 Å². The van der Waals surface area contributed by atoms with Gasteiger partial charge in [-0.25, -0.2) is 8.78 Å². The third-order valence-electron chi connectivity index (χ3n) is 1.61. The zero-order valence-corrected chi connectivity index (χ0v) is 6.45. The third-order valence-corrected chi connectivity index (χ3v) is 1.61. The average molecular weight is 172 g/mol. The van der Waals surface area contributed by atoms with Crippen LogP contribution >= 0.6 is 0 Å². The molecule has 0 saturated carbocycles. The van der Waals surface area contributed by atoms with Crippen molar-refractivity contribution < 1.29 is 13.9 Å². The van der Waals surface area contributed by atoms with Crippen LogP contribution in [0.4, 0.5) is 8.78 Å².